The Morgan fingerprint density at radius 1 is 1.24 bits per heavy atom. The van der Waals surface area contributed by atoms with E-state index in [2.05, 4.69) is 5.10 Å². The van der Waals surface area contributed by atoms with Gasteiger partial charge in [-0.3, -0.25) is 19.0 Å². The molecule has 0 radical (unpaired) electrons. The molecule has 9 nitrogen and oxygen atoms in total. The van der Waals surface area contributed by atoms with Crippen LogP contribution in [0.5, 0.6) is 0 Å². The van der Waals surface area contributed by atoms with Gasteiger partial charge >= 0.3 is 5.97 Å². The summed E-state index contributed by atoms with van der Waals surface area (Å²) < 4.78 is 8.46. The molecule has 1 fully saturated rings. The highest BCUT2D eigenvalue weighted by molar-refractivity contribution is 7.99. The molecule has 0 bridgehead atoms. The van der Waals surface area contributed by atoms with E-state index in [0.29, 0.717) is 41.6 Å². The highest BCUT2D eigenvalue weighted by atomic mass is 32.2. The number of aromatic nitrogens is 4. The molecule has 2 aliphatic heterocycles. The van der Waals surface area contributed by atoms with Crippen LogP contribution in [-0.4, -0.2) is 61.6 Å². The number of piperidine rings is 1. The molecule has 2 aliphatic rings. The number of ether oxygens (including phenoxy) is 1. The summed E-state index contributed by atoms with van der Waals surface area (Å²) in [4.78, 5) is 45.1. The second-order valence-electron chi connectivity index (χ2n) is 8.80. The van der Waals surface area contributed by atoms with Crippen molar-refractivity contribution in [2.75, 3.05) is 25.4 Å². The Kier molecular flexibility index (Phi) is 6.16. The normalized spacial score (nSPS) is 19.9. The van der Waals surface area contributed by atoms with Crippen LogP contribution in [0.15, 0.2) is 40.4 Å². The second-order valence-corrected chi connectivity index (χ2v) is 9.79. The van der Waals surface area contributed by atoms with E-state index < -0.39 is 0 Å². The Hall–Kier alpha value is -3.14. The predicted molar refractivity (Wildman–Crippen MR) is 128 cm³/mol. The van der Waals surface area contributed by atoms with Crippen LogP contribution in [0, 0.1) is 12.8 Å². The second kappa shape index (κ2) is 9.25. The fourth-order valence-electron chi connectivity index (χ4n) is 4.64. The highest BCUT2D eigenvalue weighted by Crippen LogP contribution is 2.34. The molecule has 2 unspecified atom stereocenters. The first-order chi connectivity index (χ1) is 16.5. The third kappa shape index (κ3) is 4.11. The first-order valence-electron chi connectivity index (χ1n) is 11.6. The number of aryl methyl sites for hydroxylation is 1. The number of likely N-dealkylation sites (tertiary alicyclic amines) is 1. The van der Waals surface area contributed by atoms with Gasteiger partial charge in [0.2, 0.25) is 5.91 Å². The van der Waals surface area contributed by atoms with Crippen molar-refractivity contribution in [1.29, 1.82) is 0 Å². The van der Waals surface area contributed by atoms with Crippen LogP contribution in [0.4, 0.5) is 0 Å². The van der Waals surface area contributed by atoms with Gasteiger partial charge in [-0.25, -0.2) is 9.67 Å². The maximum Gasteiger partial charge on any atom is 0.310 e. The molecule has 178 valence electrons. The summed E-state index contributed by atoms with van der Waals surface area (Å²) in [5.74, 6) is 0.0396. The molecule has 0 spiro atoms. The van der Waals surface area contributed by atoms with Gasteiger partial charge in [0.05, 0.1) is 30.5 Å². The molecule has 3 aromatic rings. The molecular formula is C24H27N5O4S. The molecule has 4 heterocycles. The molecular weight excluding hydrogens is 454 g/mol. The van der Waals surface area contributed by atoms with Crippen LogP contribution in [-0.2, 0) is 14.3 Å². The topological polar surface area (TPSA) is 99.3 Å². The summed E-state index contributed by atoms with van der Waals surface area (Å²) in [6.07, 6.45) is 3.26. The van der Waals surface area contributed by atoms with E-state index >= 15 is 0 Å². The van der Waals surface area contributed by atoms with Gasteiger partial charge in [-0.2, -0.15) is 5.10 Å². The maximum atomic E-state index is 13.4. The average molecular weight is 482 g/mol. The van der Waals surface area contributed by atoms with Gasteiger partial charge < -0.3 is 9.64 Å². The molecule has 0 aliphatic carbocycles. The van der Waals surface area contributed by atoms with Gasteiger partial charge in [0.25, 0.3) is 5.56 Å². The molecule has 0 N–H and O–H groups in total. The zero-order chi connectivity index (χ0) is 23.8. The number of rotatable bonds is 5. The van der Waals surface area contributed by atoms with E-state index in [0.717, 1.165) is 24.1 Å². The molecule has 0 saturated carbocycles. The number of carbonyl (C=O) groups is 2. The van der Waals surface area contributed by atoms with Crippen LogP contribution >= 0.6 is 11.8 Å². The SMILES string of the molecule is CCOC(=O)C1CCCN(C(=O)CC2CSc3nc4c(cnn4-c4ccc(C)cc4)c(=O)n32)C1. The third-order valence-corrected chi connectivity index (χ3v) is 7.55. The molecule has 1 amide bonds. The molecule has 1 aromatic carbocycles. The Labute approximate surface area is 201 Å². The highest BCUT2D eigenvalue weighted by Gasteiger charge is 2.34. The fourth-order valence-corrected chi connectivity index (χ4v) is 5.77. The molecule has 2 aromatic heterocycles. The van der Waals surface area contributed by atoms with Gasteiger partial charge in [-0.15, -0.1) is 0 Å². The summed E-state index contributed by atoms with van der Waals surface area (Å²) in [5.41, 5.74) is 2.32. The van der Waals surface area contributed by atoms with Crippen LogP contribution in [0.25, 0.3) is 16.7 Å². The van der Waals surface area contributed by atoms with E-state index in [1.54, 1.807) is 27.3 Å². The van der Waals surface area contributed by atoms with Crippen molar-refractivity contribution in [1.82, 2.24) is 24.2 Å². The van der Waals surface area contributed by atoms with E-state index in [1.807, 2.05) is 31.2 Å². The molecule has 34 heavy (non-hydrogen) atoms. The minimum Gasteiger partial charge on any atom is -0.466 e. The zero-order valence-electron chi connectivity index (χ0n) is 19.3. The lowest BCUT2D eigenvalue weighted by Crippen LogP contribution is -2.43. The van der Waals surface area contributed by atoms with Crippen LogP contribution in [0.3, 0.4) is 0 Å². The molecule has 2 atom stereocenters. The van der Waals surface area contributed by atoms with Crippen molar-refractivity contribution in [3.63, 3.8) is 0 Å². The van der Waals surface area contributed by atoms with E-state index in [4.69, 9.17) is 9.72 Å². The lowest BCUT2D eigenvalue weighted by atomic mass is 9.97. The lowest BCUT2D eigenvalue weighted by Gasteiger charge is -2.32. The van der Waals surface area contributed by atoms with E-state index in [9.17, 15) is 14.4 Å². The fraction of sp³-hybridized carbons (Fsp3) is 0.458. The van der Waals surface area contributed by atoms with Crippen molar-refractivity contribution in [2.45, 2.75) is 44.3 Å². The maximum absolute atomic E-state index is 13.4. The number of hydrogen-bond acceptors (Lipinski definition) is 7. The Morgan fingerprint density at radius 2 is 2.03 bits per heavy atom. The monoisotopic (exact) mass is 481 g/mol. The minimum absolute atomic E-state index is 0.0465. The third-order valence-electron chi connectivity index (χ3n) is 6.45. The number of hydrogen-bond donors (Lipinski definition) is 0. The number of benzene rings is 1. The average Bonchev–Trinajstić information content (AvgIpc) is 3.45. The van der Waals surface area contributed by atoms with Gasteiger partial charge in [-0.05, 0) is 38.8 Å². The summed E-state index contributed by atoms with van der Waals surface area (Å²) in [6, 6.07) is 7.61. The van der Waals surface area contributed by atoms with Crippen molar-refractivity contribution >= 4 is 34.7 Å². The number of nitrogens with zero attached hydrogens (tertiary/aromatic N) is 5. The van der Waals surface area contributed by atoms with Gasteiger partial charge in [-0.1, -0.05) is 29.5 Å². The Balaban J connectivity index is 1.37. The van der Waals surface area contributed by atoms with Crippen molar-refractivity contribution < 1.29 is 14.3 Å². The van der Waals surface area contributed by atoms with Gasteiger partial charge in [0.1, 0.15) is 5.39 Å². The lowest BCUT2D eigenvalue weighted by molar-refractivity contribution is -0.151. The zero-order valence-corrected chi connectivity index (χ0v) is 20.1. The number of fused-ring (bicyclic) bond motifs is 2. The van der Waals surface area contributed by atoms with Gasteiger partial charge in [0, 0.05) is 25.3 Å². The largest absolute Gasteiger partial charge is 0.466 e. The van der Waals surface area contributed by atoms with Crippen molar-refractivity contribution in [3.8, 4) is 5.69 Å². The number of thioether (sulfide) groups is 1. The summed E-state index contributed by atoms with van der Waals surface area (Å²) in [5, 5.41) is 5.45. The van der Waals surface area contributed by atoms with E-state index in [1.165, 1.54) is 11.8 Å². The molecule has 10 heteroatoms. The first-order valence-corrected chi connectivity index (χ1v) is 12.6. The summed E-state index contributed by atoms with van der Waals surface area (Å²) in [6.45, 7) is 5.13. The predicted octanol–water partition coefficient (Wildman–Crippen LogP) is 2.73. The van der Waals surface area contributed by atoms with E-state index in [-0.39, 0.29) is 35.8 Å². The Morgan fingerprint density at radius 3 is 2.79 bits per heavy atom. The smallest absolute Gasteiger partial charge is 0.310 e. The van der Waals surface area contributed by atoms with Gasteiger partial charge in [0.15, 0.2) is 10.8 Å². The number of esters is 1. The summed E-state index contributed by atoms with van der Waals surface area (Å²) in [7, 11) is 0. The number of carbonyl (C=O) groups excluding carboxylic acids is 2. The standard InChI is InChI=1S/C24H27N5O4S/c1-3-33-23(32)16-5-4-10-27(13-16)20(30)11-18-14-34-24-26-21-19(22(31)28(18)24)12-25-29(21)17-8-6-15(2)7-9-17/h6-9,12,16,18H,3-5,10-11,13-14H2,1-2H3. The minimum atomic E-state index is -0.278. The van der Waals surface area contributed by atoms with Crippen LogP contribution < -0.4 is 5.56 Å². The summed E-state index contributed by atoms with van der Waals surface area (Å²) >= 11 is 1.48. The van der Waals surface area contributed by atoms with Crippen LogP contribution in [0.2, 0.25) is 0 Å². The quantitative estimate of drug-likeness (QED) is 0.408. The van der Waals surface area contributed by atoms with Crippen molar-refractivity contribution in [2.24, 2.45) is 5.92 Å². The molecule has 1 saturated heterocycles. The van der Waals surface area contributed by atoms with Crippen molar-refractivity contribution in [3.05, 3.63) is 46.4 Å². The molecule has 5 rings (SSSR count). The number of amides is 1. The van der Waals surface area contributed by atoms with Crippen LogP contribution in [0.1, 0.15) is 37.8 Å². The first kappa shape index (κ1) is 22.6. The Bertz CT molecular complexity index is 1300.